The summed E-state index contributed by atoms with van der Waals surface area (Å²) in [6.45, 7) is 5.97. The van der Waals surface area contributed by atoms with E-state index in [-0.39, 0.29) is 11.6 Å². The van der Waals surface area contributed by atoms with Crippen molar-refractivity contribution >= 4 is 35.2 Å². The molecule has 0 radical (unpaired) electrons. The van der Waals surface area contributed by atoms with Gasteiger partial charge in [-0.2, -0.15) is 0 Å². The predicted molar refractivity (Wildman–Crippen MR) is 142 cm³/mol. The van der Waals surface area contributed by atoms with Crippen molar-refractivity contribution in [3.05, 3.63) is 95.3 Å². The first-order valence-corrected chi connectivity index (χ1v) is 12.8. The van der Waals surface area contributed by atoms with Crippen molar-refractivity contribution in [3.8, 4) is 5.75 Å². The molecule has 4 atom stereocenters. The Morgan fingerprint density at radius 1 is 0.947 bits per heavy atom. The molecule has 0 saturated carbocycles. The Kier molecular flexibility index (Phi) is 5.67. The van der Waals surface area contributed by atoms with Gasteiger partial charge in [-0.25, -0.2) is 14.1 Å². The number of esters is 1. The summed E-state index contributed by atoms with van der Waals surface area (Å²) in [4.78, 5) is 44.6. The zero-order valence-corrected chi connectivity index (χ0v) is 21.3. The summed E-state index contributed by atoms with van der Waals surface area (Å²) in [6.07, 6.45) is 3.82. The van der Waals surface area contributed by atoms with Crippen LogP contribution >= 0.6 is 0 Å². The van der Waals surface area contributed by atoms with E-state index in [1.807, 2.05) is 80.3 Å². The fourth-order valence-corrected chi connectivity index (χ4v) is 6.00. The third kappa shape index (κ3) is 3.64. The van der Waals surface area contributed by atoms with Crippen molar-refractivity contribution in [1.82, 2.24) is 0 Å². The summed E-state index contributed by atoms with van der Waals surface area (Å²) in [5.74, 6) is -3.09. The number of benzene rings is 3. The summed E-state index contributed by atoms with van der Waals surface area (Å²) >= 11 is 0. The zero-order chi connectivity index (χ0) is 26.7. The maximum atomic E-state index is 14.0. The van der Waals surface area contributed by atoms with Crippen LogP contribution in [0.15, 0.2) is 72.8 Å². The molecule has 38 heavy (non-hydrogen) atoms. The molecular formula is C31H27FN2O4. The van der Waals surface area contributed by atoms with Gasteiger partial charge in [0.1, 0.15) is 17.6 Å². The van der Waals surface area contributed by atoms with Crippen LogP contribution in [0.4, 0.5) is 15.8 Å². The maximum Gasteiger partial charge on any atom is 0.335 e. The van der Waals surface area contributed by atoms with E-state index in [0.29, 0.717) is 5.75 Å². The minimum Gasteiger partial charge on any atom is -0.425 e. The van der Waals surface area contributed by atoms with Crippen molar-refractivity contribution in [2.75, 3.05) is 9.80 Å². The summed E-state index contributed by atoms with van der Waals surface area (Å²) in [5, 5.41) is 0. The topological polar surface area (TPSA) is 66.9 Å². The number of ether oxygens (including phenoxy) is 1. The van der Waals surface area contributed by atoms with E-state index < -0.39 is 47.5 Å². The number of hydrogen-bond acceptors (Lipinski definition) is 5. The number of para-hydroxylation sites is 1. The number of anilines is 2. The molecule has 3 aliphatic rings. The summed E-state index contributed by atoms with van der Waals surface area (Å²) in [5.41, 5.74) is 3.79. The fraction of sp³-hybridized carbons (Fsp3) is 0.258. The third-order valence-corrected chi connectivity index (χ3v) is 7.74. The smallest absolute Gasteiger partial charge is 0.335 e. The lowest BCUT2D eigenvalue weighted by atomic mass is 9.88. The highest BCUT2D eigenvalue weighted by atomic mass is 19.1. The molecule has 0 spiro atoms. The zero-order valence-electron chi connectivity index (χ0n) is 21.3. The van der Waals surface area contributed by atoms with Crippen LogP contribution < -0.4 is 14.5 Å². The second-order valence-corrected chi connectivity index (χ2v) is 10.4. The van der Waals surface area contributed by atoms with Gasteiger partial charge in [-0.05, 0) is 65.9 Å². The number of hydrogen-bond donors (Lipinski definition) is 0. The Balaban J connectivity index is 1.45. The number of imide groups is 1. The lowest BCUT2D eigenvalue weighted by Crippen LogP contribution is -2.50. The molecule has 6 rings (SSSR count). The molecule has 0 aliphatic carbocycles. The van der Waals surface area contributed by atoms with Gasteiger partial charge in [0.25, 0.3) is 0 Å². The van der Waals surface area contributed by atoms with Crippen LogP contribution in [0, 0.1) is 24.6 Å². The van der Waals surface area contributed by atoms with Crippen LogP contribution in [0.3, 0.4) is 0 Å². The van der Waals surface area contributed by atoms with Crippen molar-refractivity contribution in [2.45, 2.75) is 38.8 Å². The number of nitrogens with zero attached hydrogens (tertiary/aromatic N) is 2. The van der Waals surface area contributed by atoms with Crippen LogP contribution in [-0.2, 0) is 14.4 Å². The number of aryl methyl sites for hydroxylation is 1. The molecule has 3 heterocycles. The quantitative estimate of drug-likeness (QED) is 0.272. The monoisotopic (exact) mass is 510 g/mol. The molecule has 192 valence electrons. The molecule has 0 bridgehead atoms. The number of carbonyl (C=O) groups is 3. The molecule has 7 heteroatoms. The van der Waals surface area contributed by atoms with Gasteiger partial charge in [0.15, 0.2) is 0 Å². The van der Waals surface area contributed by atoms with Crippen molar-refractivity contribution in [3.63, 3.8) is 0 Å². The molecule has 0 aromatic heterocycles. The van der Waals surface area contributed by atoms with Crippen LogP contribution in [0.1, 0.15) is 36.5 Å². The highest BCUT2D eigenvalue weighted by Gasteiger charge is 2.65. The molecule has 0 N–H and O–H groups in total. The Hall–Kier alpha value is -4.26. The van der Waals surface area contributed by atoms with E-state index in [1.54, 1.807) is 0 Å². The second-order valence-electron chi connectivity index (χ2n) is 10.4. The highest BCUT2D eigenvalue weighted by Crippen LogP contribution is 2.49. The normalized spacial score (nSPS) is 23.5. The first-order chi connectivity index (χ1) is 18.3. The average Bonchev–Trinajstić information content (AvgIpc) is 3.37. The number of halogens is 1. The van der Waals surface area contributed by atoms with Gasteiger partial charge in [0.05, 0.1) is 23.6 Å². The Morgan fingerprint density at radius 2 is 1.66 bits per heavy atom. The molecule has 3 aromatic rings. The number of fused-ring (bicyclic) bond motifs is 5. The van der Waals surface area contributed by atoms with Gasteiger partial charge in [0.2, 0.25) is 11.8 Å². The van der Waals surface area contributed by atoms with E-state index >= 15 is 0 Å². The Labute approximate surface area is 220 Å². The standard InChI is InChI=1S/C31H27FN2O4/c1-17(2)22-14-8-18(3)16-25(22)38-31(37)28-27-26(24-15-9-19-6-4-5-7-23(19)34(24)28)29(35)33(30(27)36)21-12-10-20(32)11-13-21/h4-17,24,26-28H,1-3H3/t24-,26-,27+,28+/m1/s1. The molecule has 6 nitrogen and oxygen atoms in total. The van der Waals surface area contributed by atoms with Gasteiger partial charge in [0, 0.05) is 5.69 Å². The minimum atomic E-state index is -1.02. The molecular weight excluding hydrogens is 483 g/mol. The SMILES string of the molecule is Cc1ccc(C(C)C)c(OC(=O)[C@@H]2[C@H]3C(=O)N(c4ccc(F)cc4)C(=O)[C@@H]3[C@H]3C=Cc4ccccc4N32)c1. The van der Waals surface area contributed by atoms with Crippen LogP contribution in [0.25, 0.3) is 6.08 Å². The predicted octanol–water partition coefficient (Wildman–Crippen LogP) is 5.25. The van der Waals surface area contributed by atoms with Gasteiger partial charge < -0.3 is 9.64 Å². The second kappa shape index (κ2) is 8.94. The maximum absolute atomic E-state index is 14.0. The van der Waals surface area contributed by atoms with Crippen molar-refractivity contribution in [1.29, 1.82) is 0 Å². The van der Waals surface area contributed by atoms with E-state index in [0.717, 1.165) is 27.3 Å². The number of rotatable bonds is 4. The van der Waals surface area contributed by atoms with Gasteiger partial charge in [-0.1, -0.05) is 56.3 Å². The minimum absolute atomic E-state index is 0.116. The highest BCUT2D eigenvalue weighted by molar-refractivity contribution is 6.24. The van der Waals surface area contributed by atoms with E-state index in [2.05, 4.69) is 0 Å². The van der Waals surface area contributed by atoms with Gasteiger partial charge in [-0.15, -0.1) is 0 Å². The van der Waals surface area contributed by atoms with Gasteiger partial charge in [-0.3, -0.25) is 9.59 Å². The van der Waals surface area contributed by atoms with Crippen LogP contribution in [0.5, 0.6) is 5.75 Å². The molecule has 3 aliphatic heterocycles. The van der Waals surface area contributed by atoms with Crippen molar-refractivity contribution < 1.29 is 23.5 Å². The van der Waals surface area contributed by atoms with E-state index in [1.165, 1.54) is 24.3 Å². The first kappa shape index (κ1) is 24.1. The van der Waals surface area contributed by atoms with Gasteiger partial charge >= 0.3 is 5.97 Å². The Morgan fingerprint density at radius 3 is 2.39 bits per heavy atom. The van der Waals surface area contributed by atoms with Crippen LogP contribution in [0.2, 0.25) is 0 Å². The first-order valence-electron chi connectivity index (χ1n) is 12.8. The van der Waals surface area contributed by atoms with E-state index in [4.69, 9.17) is 4.74 Å². The average molecular weight is 511 g/mol. The lowest BCUT2D eigenvalue weighted by molar-refractivity contribution is -0.139. The number of amides is 2. The van der Waals surface area contributed by atoms with E-state index in [9.17, 15) is 18.8 Å². The molecule has 2 fully saturated rings. The Bertz CT molecular complexity index is 1500. The summed E-state index contributed by atoms with van der Waals surface area (Å²) < 4.78 is 19.6. The molecule has 2 amide bonds. The largest absolute Gasteiger partial charge is 0.425 e. The molecule has 2 saturated heterocycles. The summed E-state index contributed by atoms with van der Waals surface area (Å²) in [6, 6.07) is 17.1. The fourth-order valence-electron chi connectivity index (χ4n) is 6.00. The summed E-state index contributed by atoms with van der Waals surface area (Å²) in [7, 11) is 0. The van der Waals surface area contributed by atoms with Crippen LogP contribution in [-0.4, -0.2) is 29.9 Å². The lowest BCUT2D eigenvalue weighted by Gasteiger charge is -2.36. The molecule has 0 unspecified atom stereocenters. The number of carbonyl (C=O) groups excluding carboxylic acids is 3. The third-order valence-electron chi connectivity index (χ3n) is 7.74. The molecule has 3 aromatic carbocycles. The van der Waals surface area contributed by atoms with Crippen molar-refractivity contribution in [2.24, 2.45) is 11.8 Å².